The number of sulfonamides is 1. The maximum Gasteiger partial charge on any atom is 0.244 e. The lowest BCUT2D eigenvalue weighted by atomic mass is 10.3. The molecule has 0 aliphatic rings. The summed E-state index contributed by atoms with van der Waals surface area (Å²) in [6.07, 6.45) is 3.32. The number of thiophene rings is 1. The van der Waals surface area contributed by atoms with Gasteiger partial charge >= 0.3 is 0 Å². The summed E-state index contributed by atoms with van der Waals surface area (Å²) < 4.78 is 29.7. The molecule has 5 nitrogen and oxygen atoms in total. The Bertz CT molecular complexity index is 885. The standard InChI is InChI=1S/C17H19N3O2S2/c1-2-3-11-18-24(21,22)16-13-20(14-8-5-4-6-9-14)19-17(16)15-10-7-12-23-15/h4-10,12-13,18H,2-3,11H2,1H3. The van der Waals surface area contributed by atoms with Crippen LogP contribution >= 0.6 is 11.3 Å². The van der Waals surface area contributed by atoms with Crippen LogP contribution in [0.1, 0.15) is 19.8 Å². The van der Waals surface area contributed by atoms with Crippen molar-refractivity contribution in [2.24, 2.45) is 0 Å². The van der Waals surface area contributed by atoms with Crippen LogP contribution in [0.3, 0.4) is 0 Å². The molecule has 3 aromatic rings. The SMILES string of the molecule is CCCCNS(=O)(=O)c1cn(-c2ccccc2)nc1-c1cccs1. The van der Waals surface area contributed by atoms with E-state index in [1.165, 1.54) is 11.3 Å². The first-order valence-electron chi connectivity index (χ1n) is 7.80. The molecule has 0 unspecified atom stereocenters. The number of rotatable bonds is 7. The topological polar surface area (TPSA) is 64.0 Å². The minimum atomic E-state index is -3.60. The molecular weight excluding hydrogens is 342 g/mol. The second-order valence-corrected chi connectivity index (χ2v) is 8.03. The highest BCUT2D eigenvalue weighted by Gasteiger charge is 2.24. The predicted molar refractivity (Wildman–Crippen MR) is 97.0 cm³/mol. The molecule has 0 radical (unpaired) electrons. The summed E-state index contributed by atoms with van der Waals surface area (Å²) in [6, 6.07) is 13.3. The number of para-hydroxylation sites is 1. The molecule has 0 spiro atoms. The van der Waals surface area contributed by atoms with Gasteiger partial charge in [-0.1, -0.05) is 37.6 Å². The largest absolute Gasteiger partial charge is 0.244 e. The fourth-order valence-electron chi connectivity index (χ4n) is 2.31. The Kier molecular flexibility index (Phi) is 5.13. The molecule has 0 atom stereocenters. The number of unbranched alkanes of at least 4 members (excludes halogenated alkanes) is 1. The summed E-state index contributed by atoms with van der Waals surface area (Å²) in [6.45, 7) is 2.46. The van der Waals surface area contributed by atoms with Crippen molar-refractivity contribution in [2.75, 3.05) is 6.54 Å². The highest BCUT2D eigenvalue weighted by molar-refractivity contribution is 7.89. The molecule has 0 aliphatic heterocycles. The van der Waals surface area contributed by atoms with E-state index in [2.05, 4.69) is 9.82 Å². The van der Waals surface area contributed by atoms with Gasteiger partial charge in [0.05, 0.1) is 16.8 Å². The van der Waals surface area contributed by atoms with E-state index >= 15 is 0 Å². The van der Waals surface area contributed by atoms with Gasteiger partial charge < -0.3 is 0 Å². The molecule has 0 aliphatic carbocycles. The van der Waals surface area contributed by atoms with E-state index in [9.17, 15) is 8.42 Å². The van der Waals surface area contributed by atoms with Gasteiger partial charge in [0.25, 0.3) is 0 Å². The lowest BCUT2D eigenvalue weighted by molar-refractivity contribution is 0.578. The molecule has 0 amide bonds. The van der Waals surface area contributed by atoms with E-state index in [0.717, 1.165) is 23.4 Å². The van der Waals surface area contributed by atoms with E-state index in [4.69, 9.17) is 0 Å². The molecule has 0 bridgehead atoms. The molecular formula is C17H19N3O2S2. The zero-order valence-corrected chi connectivity index (χ0v) is 15.0. The van der Waals surface area contributed by atoms with E-state index in [-0.39, 0.29) is 4.90 Å². The zero-order valence-electron chi connectivity index (χ0n) is 13.3. The fraction of sp³-hybridized carbons (Fsp3) is 0.235. The smallest absolute Gasteiger partial charge is 0.239 e. The van der Waals surface area contributed by atoms with Crippen LogP contribution in [0.25, 0.3) is 16.3 Å². The molecule has 0 fully saturated rings. The average molecular weight is 361 g/mol. The van der Waals surface area contributed by atoms with Crippen LogP contribution in [0.4, 0.5) is 0 Å². The molecule has 1 N–H and O–H groups in total. The van der Waals surface area contributed by atoms with Gasteiger partial charge in [0, 0.05) is 6.54 Å². The Morgan fingerprint density at radius 1 is 1.17 bits per heavy atom. The first kappa shape index (κ1) is 16.9. The minimum Gasteiger partial charge on any atom is -0.239 e. The van der Waals surface area contributed by atoms with E-state index in [1.807, 2.05) is 54.8 Å². The maximum absolute atomic E-state index is 12.7. The third kappa shape index (κ3) is 3.58. The molecule has 2 heterocycles. The van der Waals surface area contributed by atoms with Crippen LogP contribution in [0.5, 0.6) is 0 Å². The van der Waals surface area contributed by atoms with Gasteiger partial charge in [-0.2, -0.15) is 5.10 Å². The summed E-state index contributed by atoms with van der Waals surface area (Å²) in [7, 11) is -3.60. The molecule has 0 saturated heterocycles. The quantitative estimate of drug-likeness (QED) is 0.653. The molecule has 126 valence electrons. The number of aromatic nitrogens is 2. The lowest BCUT2D eigenvalue weighted by Crippen LogP contribution is -2.24. The van der Waals surface area contributed by atoms with Gasteiger partial charge in [-0.25, -0.2) is 17.8 Å². The van der Waals surface area contributed by atoms with Crippen molar-refractivity contribution in [1.82, 2.24) is 14.5 Å². The lowest BCUT2D eigenvalue weighted by Gasteiger charge is -2.05. The predicted octanol–water partition coefficient (Wildman–Crippen LogP) is 3.68. The molecule has 1 aromatic carbocycles. The van der Waals surface area contributed by atoms with Gasteiger partial charge in [0.15, 0.2) is 0 Å². The van der Waals surface area contributed by atoms with Crippen molar-refractivity contribution >= 4 is 21.4 Å². The number of hydrogen-bond acceptors (Lipinski definition) is 4. The van der Waals surface area contributed by atoms with E-state index < -0.39 is 10.0 Å². The van der Waals surface area contributed by atoms with Crippen molar-refractivity contribution in [1.29, 1.82) is 0 Å². The van der Waals surface area contributed by atoms with Crippen molar-refractivity contribution < 1.29 is 8.42 Å². The number of hydrogen-bond donors (Lipinski definition) is 1. The maximum atomic E-state index is 12.7. The highest BCUT2D eigenvalue weighted by atomic mass is 32.2. The monoisotopic (exact) mass is 361 g/mol. The van der Waals surface area contributed by atoms with E-state index in [0.29, 0.717) is 12.2 Å². The van der Waals surface area contributed by atoms with Crippen molar-refractivity contribution in [2.45, 2.75) is 24.7 Å². The Labute approximate surface area is 146 Å². The van der Waals surface area contributed by atoms with Crippen molar-refractivity contribution in [3.8, 4) is 16.3 Å². The summed E-state index contributed by atoms with van der Waals surface area (Å²) in [5, 5.41) is 6.44. The fourth-order valence-corrected chi connectivity index (χ4v) is 4.31. The van der Waals surface area contributed by atoms with Crippen LogP contribution in [0, 0.1) is 0 Å². The summed E-state index contributed by atoms with van der Waals surface area (Å²) in [5.74, 6) is 0. The molecule has 3 rings (SSSR count). The normalized spacial score (nSPS) is 11.7. The number of nitrogens with one attached hydrogen (secondary N) is 1. The highest BCUT2D eigenvalue weighted by Crippen LogP contribution is 2.30. The second kappa shape index (κ2) is 7.29. The first-order valence-corrected chi connectivity index (χ1v) is 10.2. The third-order valence-corrected chi connectivity index (χ3v) is 5.91. The van der Waals surface area contributed by atoms with Gasteiger partial charge in [0.1, 0.15) is 10.6 Å². The Balaban J connectivity index is 2.05. The first-order chi connectivity index (χ1) is 11.6. The number of benzene rings is 1. The van der Waals surface area contributed by atoms with Crippen molar-refractivity contribution in [3.05, 3.63) is 54.0 Å². The number of nitrogens with zero attached hydrogens (tertiary/aromatic N) is 2. The zero-order chi connectivity index (χ0) is 17.0. The van der Waals surface area contributed by atoms with Crippen LogP contribution in [-0.2, 0) is 10.0 Å². The van der Waals surface area contributed by atoms with Gasteiger partial charge in [-0.05, 0) is 30.0 Å². The Morgan fingerprint density at radius 2 is 1.96 bits per heavy atom. The Morgan fingerprint density at radius 3 is 2.62 bits per heavy atom. The van der Waals surface area contributed by atoms with Crippen LogP contribution < -0.4 is 4.72 Å². The minimum absolute atomic E-state index is 0.213. The molecule has 0 saturated carbocycles. The van der Waals surface area contributed by atoms with Crippen LogP contribution in [-0.4, -0.2) is 24.7 Å². The van der Waals surface area contributed by atoms with Crippen LogP contribution in [0.15, 0.2) is 58.9 Å². The average Bonchev–Trinajstić information content (AvgIpc) is 3.25. The third-order valence-electron chi connectivity index (χ3n) is 3.57. The van der Waals surface area contributed by atoms with Gasteiger partial charge in [-0.15, -0.1) is 11.3 Å². The second-order valence-electron chi connectivity index (χ2n) is 5.35. The van der Waals surface area contributed by atoms with Gasteiger partial charge in [0.2, 0.25) is 10.0 Å². The van der Waals surface area contributed by atoms with Crippen LogP contribution in [0.2, 0.25) is 0 Å². The summed E-state index contributed by atoms with van der Waals surface area (Å²) in [5.41, 5.74) is 1.31. The Hall–Kier alpha value is -1.96. The van der Waals surface area contributed by atoms with E-state index in [1.54, 1.807) is 10.9 Å². The van der Waals surface area contributed by atoms with Gasteiger partial charge in [-0.3, -0.25) is 0 Å². The van der Waals surface area contributed by atoms with Crippen molar-refractivity contribution in [3.63, 3.8) is 0 Å². The molecule has 24 heavy (non-hydrogen) atoms. The summed E-state index contributed by atoms with van der Waals surface area (Å²) in [4.78, 5) is 1.05. The summed E-state index contributed by atoms with van der Waals surface area (Å²) >= 11 is 1.48. The molecule has 2 aromatic heterocycles. The molecule has 7 heteroatoms.